The van der Waals surface area contributed by atoms with Crippen LogP contribution in [-0.2, 0) is 4.79 Å². The van der Waals surface area contributed by atoms with Crippen LogP contribution in [0.15, 0.2) is 51.7 Å². The number of rotatable bonds is 3. The first kappa shape index (κ1) is 15.4. The quantitative estimate of drug-likeness (QED) is 0.768. The summed E-state index contributed by atoms with van der Waals surface area (Å²) in [6, 6.07) is 10.8. The van der Waals surface area contributed by atoms with E-state index in [0.29, 0.717) is 35.4 Å². The van der Waals surface area contributed by atoms with Gasteiger partial charge in [0.2, 0.25) is 5.91 Å². The average Bonchev–Trinajstić information content (AvgIpc) is 2.96. The Hall–Kier alpha value is -3.09. The lowest BCUT2D eigenvalue weighted by Crippen LogP contribution is -2.47. The molecular formula is C18H16FN3O3. The first-order chi connectivity index (χ1) is 12.1. The van der Waals surface area contributed by atoms with Gasteiger partial charge in [0.15, 0.2) is 5.58 Å². The number of aromatic nitrogens is 1. The molecular weight excluding hydrogens is 325 g/mol. The Labute approximate surface area is 142 Å². The van der Waals surface area contributed by atoms with Crippen LogP contribution in [0.3, 0.4) is 0 Å². The predicted octanol–water partition coefficient (Wildman–Crippen LogP) is 2.87. The van der Waals surface area contributed by atoms with Crippen molar-refractivity contribution in [3.63, 3.8) is 0 Å². The molecule has 2 aromatic carbocycles. The van der Waals surface area contributed by atoms with Gasteiger partial charge in [-0.1, -0.05) is 6.07 Å². The third kappa shape index (κ3) is 3.00. The Bertz CT molecular complexity index is 994. The minimum absolute atomic E-state index is 0.0994. The normalized spacial score (nSPS) is 17.9. The number of hydrogen-bond donors (Lipinski definition) is 2. The molecule has 7 heteroatoms. The molecule has 2 N–H and O–H groups in total. The van der Waals surface area contributed by atoms with E-state index in [-0.39, 0.29) is 11.7 Å². The van der Waals surface area contributed by atoms with Gasteiger partial charge in [0, 0.05) is 17.9 Å². The predicted molar refractivity (Wildman–Crippen MR) is 92.2 cm³/mol. The molecule has 1 fully saturated rings. The van der Waals surface area contributed by atoms with Crippen molar-refractivity contribution in [2.45, 2.75) is 18.9 Å². The maximum Gasteiger partial charge on any atom is 0.417 e. The van der Waals surface area contributed by atoms with Crippen LogP contribution in [0.1, 0.15) is 12.8 Å². The molecule has 1 saturated heterocycles. The second-order valence-corrected chi connectivity index (χ2v) is 6.03. The van der Waals surface area contributed by atoms with Crippen LogP contribution in [0.4, 0.5) is 15.8 Å². The summed E-state index contributed by atoms with van der Waals surface area (Å²) in [5.74, 6) is -0.981. The van der Waals surface area contributed by atoms with Crippen LogP contribution in [0, 0.1) is 5.82 Å². The molecule has 0 radical (unpaired) electrons. The van der Waals surface area contributed by atoms with Gasteiger partial charge in [0.25, 0.3) is 0 Å². The molecule has 3 aromatic rings. The second-order valence-electron chi connectivity index (χ2n) is 6.03. The van der Waals surface area contributed by atoms with Crippen molar-refractivity contribution in [1.82, 2.24) is 4.98 Å². The van der Waals surface area contributed by atoms with E-state index < -0.39 is 11.8 Å². The Balaban J connectivity index is 1.56. The molecule has 0 saturated carbocycles. The number of nitrogens with zero attached hydrogens (tertiary/aromatic N) is 1. The molecule has 128 valence electrons. The smallest absolute Gasteiger partial charge is 0.408 e. The molecule has 4 rings (SSSR count). The first-order valence-corrected chi connectivity index (χ1v) is 8.06. The van der Waals surface area contributed by atoms with E-state index in [0.717, 1.165) is 6.42 Å². The molecule has 1 atom stereocenters. The highest BCUT2D eigenvalue weighted by Gasteiger charge is 2.29. The minimum Gasteiger partial charge on any atom is -0.408 e. The lowest BCUT2D eigenvalue weighted by molar-refractivity contribution is -0.120. The van der Waals surface area contributed by atoms with E-state index in [4.69, 9.17) is 4.42 Å². The maximum atomic E-state index is 13.5. The number of aromatic amines is 1. The van der Waals surface area contributed by atoms with Crippen LogP contribution >= 0.6 is 0 Å². The van der Waals surface area contributed by atoms with Gasteiger partial charge < -0.3 is 14.6 Å². The number of benzene rings is 2. The van der Waals surface area contributed by atoms with Crippen molar-refractivity contribution >= 4 is 28.4 Å². The number of amides is 1. The van der Waals surface area contributed by atoms with E-state index in [1.54, 1.807) is 35.2 Å². The molecule has 0 aliphatic carbocycles. The summed E-state index contributed by atoms with van der Waals surface area (Å²) in [5, 5.41) is 3.20. The molecule has 1 aliphatic heterocycles. The summed E-state index contributed by atoms with van der Waals surface area (Å²) in [6.07, 6.45) is 1.50. The topological polar surface area (TPSA) is 78.3 Å². The summed E-state index contributed by atoms with van der Waals surface area (Å²) >= 11 is 0. The van der Waals surface area contributed by atoms with Gasteiger partial charge in [-0.3, -0.25) is 9.78 Å². The highest BCUT2D eigenvalue weighted by Crippen LogP contribution is 2.25. The summed E-state index contributed by atoms with van der Waals surface area (Å²) in [6.45, 7) is 0.564. The van der Waals surface area contributed by atoms with Crippen LogP contribution in [0.5, 0.6) is 0 Å². The molecule has 0 spiro atoms. The third-order valence-electron chi connectivity index (χ3n) is 4.32. The number of nitrogens with one attached hydrogen (secondary N) is 2. The average molecular weight is 341 g/mol. The first-order valence-electron chi connectivity index (χ1n) is 8.06. The third-order valence-corrected chi connectivity index (χ3v) is 4.32. The van der Waals surface area contributed by atoms with Gasteiger partial charge >= 0.3 is 5.76 Å². The molecule has 2 heterocycles. The summed E-state index contributed by atoms with van der Waals surface area (Å²) < 4.78 is 18.4. The van der Waals surface area contributed by atoms with Crippen LogP contribution in [0.2, 0.25) is 0 Å². The number of halogens is 1. The number of oxazole rings is 1. The summed E-state index contributed by atoms with van der Waals surface area (Å²) in [4.78, 5) is 28.2. The molecule has 1 aliphatic rings. The van der Waals surface area contributed by atoms with E-state index in [1.165, 1.54) is 12.1 Å². The highest BCUT2D eigenvalue weighted by molar-refractivity contribution is 5.99. The number of H-pyrrole nitrogens is 1. The maximum absolute atomic E-state index is 13.5. The largest absolute Gasteiger partial charge is 0.417 e. The lowest BCUT2D eigenvalue weighted by Gasteiger charge is -2.33. The highest BCUT2D eigenvalue weighted by atomic mass is 19.1. The van der Waals surface area contributed by atoms with Gasteiger partial charge in [-0.25, -0.2) is 9.18 Å². The fourth-order valence-corrected chi connectivity index (χ4v) is 3.15. The van der Waals surface area contributed by atoms with Crippen molar-refractivity contribution in [1.29, 1.82) is 0 Å². The van der Waals surface area contributed by atoms with Crippen molar-refractivity contribution < 1.29 is 13.6 Å². The number of carbonyl (C=O) groups excluding carboxylic acids is 1. The van der Waals surface area contributed by atoms with Crippen molar-refractivity contribution in [3.05, 3.63) is 58.8 Å². The molecule has 0 bridgehead atoms. The van der Waals surface area contributed by atoms with Gasteiger partial charge in [-0.15, -0.1) is 0 Å². The van der Waals surface area contributed by atoms with E-state index in [1.807, 2.05) is 0 Å². The Morgan fingerprint density at radius 1 is 1.20 bits per heavy atom. The van der Waals surface area contributed by atoms with Crippen LogP contribution < -0.4 is 16.0 Å². The molecule has 1 aromatic heterocycles. The zero-order valence-electron chi connectivity index (χ0n) is 13.3. The van der Waals surface area contributed by atoms with Crippen molar-refractivity contribution in [2.24, 2.45) is 0 Å². The van der Waals surface area contributed by atoms with E-state index in [2.05, 4.69) is 10.3 Å². The van der Waals surface area contributed by atoms with E-state index in [9.17, 15) is 14.0 Å². The Morgan fingerprint density at radius 2 is 2.08 bits per heavy atom. The molecule has 6 nitrogen and oxygen atoms in total. The zero-order chi connectivity index (χ0) is 17.4. The Kier molecular flexibility index (Phi) is 3.76. The zero-order valence-corrected chi connectivity index (χ0v) is 13.3. The van der Waals surface area contributed by atoms with Gasteiger partial charge in [-0.2, -0.15) is 0 Å². The standard InChI is InChI=1S/C18H16FN3O3/c19-11-3-1-4-13(9-11)22-8-2-5-14(17(22)23)20-12-6-7-16-15(10-12)21-18(24)25-16/h1,3-4,6-7,9-10,14,20H,2,5,8H2,(H,21,24). The lowest BCUT2D eigenvalue weighted by atomic mass is 10.0. The second kappa shape index (κ2) is 6.08. The number of fused-ring (bicyclic) bond motifs is 1. The summed E-state index contributed by atoms with van der Waals surface area (Å²) in [5.41, 5.74) is 2.31. The molecule has 1 amide bonds. The van der Waals surface area contributed by atoms with Crippen molar-refractivity contribution in [2.75, 3.05) is 16.8 Å². The fraction of sp³-hybridized carbons (Fsp3) is 0.222. The minimum atomic E-state index is -0.516. The Morgan fingerprint density at radius 3 is 2.92 bits per heavy atom. The van der Waals surface area contributed by atoms with Crippen LogP contribution in [0.25, 0.3) is 11.1 Å². The number of carbonyl (C=O) groups is 1. The summed E-state index contributed by atoms with van der Waals surface area (Å²) in [7, 11) is 0. The number of anilines is 2. The van der Waals surface area contributed by atoms with E-state index >= 15 is 0 Å². The van der Waals surface area contributed by atoms with Gasteiger partial charge in [0.1, 0.15) is 11.9 Å². The van der Waals surface area contributed by atoms with Gasteiger partial charge in [-0.05, 0) is 49.2 Å². The molecule has 25 heavy (non-hydrogen) atoms. The fourth-order valence-electron chi connectivity index (χ4n) is 3.15. The van der Waals surface area contributed by atoms with Gasteiger partial charge in [0.05, 0.1) is 5.52 Å². The molecule has 1 unspecified atom stereocenters. The number of hydrogen-bond acceptors (Lipinski definition) is 4. The van der Waals surface area contributed by atoms with Crippen molar-refractivity contribution in [3.8, 4) is 0 Å². The SMILES string of the molecule is O=C1C(Nc2ccc3oc(=O)[nH]c3c2)CCCN1c1cccc(F)c1. The number of piperidine rings is 1. The monoisotopic (exact) mass is 341 g/mol. The van der Waals surface area contributed by atoms with Crippen LogP contribution in [-0.4, -0.2) is 23.5 Å².